The molecule has 9 nitrogen and oxygen atoms in total. The van der Waals surface area contributed by atoms with Crippen molar-refractivity contribution in [3.05, 3.63) is 40.3 Å². The van der Waals surface area contributed by atoms with E-state index in [1.165, 1.54) is 23.9 Å². The molecule has 1 aromatic rings. The first-order valence-corrected chi connectivity index (χ1v) is 11.7. The summed E-state index contributed by atoms with van der Waals surface area (Å²) in [5.74, 6) is -4.27. The molecule has 5 N–H and O–H groups in total. The maximum Gasteiger partial charge on any atom is 0.335 e. The van der Waals surface area contributed by atoms with Crippen molar-refractivity contribution < 1.29 is 34.5 Å². The van der Waals surface area contributed by atoms with E-state index in [2.05, 4.69) is 10.6 Å². The third kappa shape index (κ3) is 4.18. The first-order valence-electron chi connectivity index (χ1n) is 10.8. The second kappa shape index (κ2) is 8.92. The van der Waals surface area contributed by atoms with Gasteiger partial charge in [-0.25, -0.2) is 9.59 Å². The van der Waals surface area contributed by atoms with Crippen LogP contribution >= 0.6 is 11.8 Å². The summed E-state index contributed by atoms with van der Waals surface area (Å²) in [5, 5.41) is 34.7. The van der Waals surface area contributed by atoms with Crippen LogP contribution in [0.5, 0.6) is 0 Å². The zero-order chi connectivity index (χ0) is 24.0. The van der Waals surface area contributed by atoms with Crippen LogP contribution in [0.1, 0.15) is 30.6 Å². The molecule has 176 valence electrons. The summed E-state index contributed by atoms with van der Waals surface area (Å²) in [6.45, 7) is 3.96. The van der Waals surface area contributed by atoms with E-state index in [4.69, 9.17) is 5.11 Å². The highest BCUT2D eigenvalue weighted by molar-refractivity contribution is 8.03. The number of fused-ring (bicyclic) bond motifs is 1. The number of hydrogen-bond acceptors (Lipinski definition) is 7. The van der Waals surface area contributed by atoms with Crippen LogP contribution in [0.3, 0.4) is 0 Å². The van der Waals surface area contributed by atoms with Crippen molar-refractivity contribution >= 4 is 41.1 Å². The molecule has 2 aliphatic carbocycles. The van der Waals surface area contributed by atoms with Gasteiger partial charge in [-0.15, -0.1) is 11.8 Å². The Bertz CT molecular complexity index is 1050. The first-order chi connectivity index (χ1) is 15.6. The predicted molar refractivity (Wildman–Crippen MR) is 121 cm³/mol. The van der Waals surface area contributed by atoms with E-state index in [1.807, 2.05) is 6.92 Å². The number of aliphatic hydroxyl groups is 1. The quantitative estimate of drug-likeness (QED) is 0.396. The molecule has 1 saturated heterocycles. The molecule has 33 heavy (non-hydrogen) atoms. The van der Waals surface area contributed by atoms with E-state index < -0.39 is 35.9 Å². The van der Waals surface area contributed by atoms with Crippen LogP contribution in [0.4, 0.5) is 5.69 Å². The van der Waals surface area contributed by atoms with Gasteiger partial charge in [0.2, 0.25) is 5.91 Å². The Kier molecular flexibility index (Phi) is 6.35. The van der Waals surface area contributed by atoms with Crippen LogP contribution in [0.25, 0.3) is 0 Å². The fourth-order valence-electron chi connectivity index (χ4n) is 5.28. The van der Waals surface area contributed by atoms with E-state index in [0.717, 1.165) is 0 Å². The van der Waals surface area contributed by atoms with E-state index in [1.54, 1.807) is 19.1 Å². The van der Waals surface area contributed by atoms with Crippen molar-refractivity contribution in [2.24, 2.45) is 23.7 Å². The van der Waals surface area contributed by atoms with Gasteiger partial charge in [0.05, 0.1) is 29.2 Å². The maximum absolute atomic E-state index is 12.7. The third-order valence-corrected chi connectivity index (χ3v) is 8.37. The molecule has 2 fully saturated rings. The second-order valence-electron chi connectivity index (χ2n) is 8.91. The third-order valence-electron chi connectivity index (χ3n) is 6.83. The minimum absolute atomic E-state index is 0.0597. The molecule has 0 spiro atoms. The zero-order valence-electron chi connectivity index (χ0n) is 18.1. The van der Waals surface area contributed by atoms with Gasteiger partial charge in [0.15, 0.2) is 0 Å². The number of nitrogens with one attached hydrogen (secondary N) is 2. The number of carboxylic acid groups (broad SMARTS) is 2. The van der Waals surface area contributed by atoms with Crippen LogP contribution in [0.15, 0.2) is 34.7 Å². The van der Waals surface area contributed by atoms with Gasteiger partial charge >= 0.3 is 11.9 Å². The summed E-state index contributed by atoms with van der Waals surface area (Å²) in [6, 6.07) is 5.48. The number of rotatable bonds is 7. The minimum Gasteiger partial charge on any atom is -0.478 e. The standard InChI is InChI=1S/C23H26N2O7S/c1-9-15-16(10(2)26)19(27)17(15)18(23(31)32)20(9)33-13-7-14(24-8-13)21(28)25-12-5-3-4-11(6-12)22(29)30/h3-6,9-10,13-17,24,26H,7-8H2,1-2H3,(H,25,28)(H,29,30)(H,31,32)/t9-,10-,13+,14+,15-,16-,17?/m1/s1. The number of carboxylic acids is 2. The lowest BCUT2D eigenvalue weighted by Crippen LogP contribution is -2.53. The molecule has 0 bridgehead atoms. The highest BCUT2D eigenvalue weighted by Crippen LogP contribution is 2.58. The Morgan fingerprint density at radius 3 is 2.58 bits per heavy atom. The smallest absolute Gasteiger partial charge is 0.335 e. The van der Waals surface area contributed by atoms with Crippen LogP contribution in [-0.4, -0.2) is 62.9 Å². The predicted octanol–water partition coefficient (Wildman–Crippen LogP) is 1.59. The molecule has 1 aromatic carbocycles. The molecule has 1 aliphatic heterocycles. The number of allylic oxidation sites excluding steroid dienone is 1. The Morgan fingerprint density at radius 2 is 1.94 bits per heavy atom. The first kappa shape index (κ1) is 23.5. The van der Waals surface area contributed by atoms with Gasteiger partial charge < -0.3 is 26.0 Å². The number of ketones is 1. The minimum atomic E-state index is -1.10. The Labute approximate surface area is 194 Å². The lowest BCUT2D eigenvalue weighted by atomic mass is 9.59. The van der Waals surface area contributed by atoms with E-state index in [-0.39, 0.29) is 39.9 Å². The fourth-order valence-corrected chi connectivity index (χ4v) is 6.82. The highest BCUT2D eigenvalue weighted by Gasteiger charge is 2.61. The van der Waals surface area contributed by atoms with Crippen LogP contribution in [0, 0.1) is 23.7 Å². The number of aromatic carboxylic acids is 1. The van der Waals surface area contributed by atoms with Crippen LogP contribution < -0.4 is 10.6 Å². The van der Waals surface area contributed by atoms with Crippen molar-refractivity contribution in [2.45, 2.75) is 37.7 Å². The van der Waals surface area contributed by atoms with Crippen molar-refractivity contribution in [2.75, 3.05) is 11.9 Å². The average molecular weight is 475 g/mol. The summed E-state index contributed by atoms with van der Waals surface area (Å²) in [5.41, 5.74) is 0.596. The number of benzene rings is 1. The summed E-state index contributed by atoms with van der Waals surface area (Å²) >= 11 is 1.40. The molecule has 0 aromatic heterocycles. The summed E-state index contributed by atoms with van der Waals surface area (Å²) < 4.78 is 0. The summed E-state index contributed by atoms with van der Waals surface area (Å²) in [6.07, 6.45) is -0.358. The topological polar surface area (TPSA) is 153 Å². The monoisotopic (exact) mass is 474 g/mol. The molecule has 1 heterocycles. The molecular formula is C23H26N2O7S. The Balaban J connectivity index is 1.43. The van der Waals surface area contributed by atoms with Gasteiger partial charge in [-0.05, 0) is 48.3 Å². The molecule has 10 heteroatoms. The maximum atomic E-state index is 12.7. The molecule has 4 rings (SSSR count). The summed E-state index contributed by atoms with van der Waals surface area (Å²) in [7, 11) is 0. The van der Waals surface area contributed by atoms with E-state index in [0.29, 0.717) is 23.6 Å². The number of thioether (sulfide) groups is 1. The van der Waals surface area contributed by atoms with Gasteiger partial charge in [0, 0.05) is 23.4 Å². The lowest BCUT2D eigenvalue weighted by molar-refractivity contribution is -0.151. The van der Waals surface area contributed by atoms with Crippen molar-refractivity contribution in [1.29, 1.82) is 0 Å². The number of hydrogen-bond donors (Lipinski definition) is 5. The number of carbonyl (C=O) groups excluding carboxylic acids is 2. The van der Waals surface area contributed by atoms with Gasteiger partial charge in [-0.3, -0.25) is 9.59 Å². The number of Topliss-reactive ketones (excluding diaryl/α,β-unsaturated/α-hetero) is 1. The van der Waals surface area contributed by atoms with Crippen molar-refractivity contribution in [3.8, 4) is 0 Å². The average Bonchev–Trinajstić information content (AvgIpc) is 3.30. The number of amides is 1. The second-order valence-corrected chi connectivity index (χ2v) is 10.2. The number of anilines is 1. The van der Waals surface area contributed by atoms with Crippen LogP contribution in [-0.2, 0) is 14.4 Å². The Morgan fingerprint density at radius 1 is 1.21 bits per heavy atom. The van der Waals surface area contributed by atoms with Crippen molar-refractivity contribution in [1.82, 2.24) is 5.32 Å². The van der Waals surface area contributed by atoms with Crippen molar-refractivity contribution in [3.63, 3.8) is 0 Å². The number of aliphatic carboxylic acids is 1. The van der Waals surface area contributed by atoms with Crippen LogP contribution in [0.2, 0.25) is 0 Å². The van der Waals surface area contributed by atoms with Gasteiger partial charge in [0.25, 0.3) is 0 Å². The van der Waals surface area contributed by atoms with Gasteiger partial charge in [0.1, 0.15) is 5.78 Å². The molecular weight excluding hydrogens is 448 g/mol. The number of carbonyl (C=O) groups is 4. The Hall–Kier alpha value is -2.69. The van der Waals surface area contributed by atoms with E-state index in [9.17, 15) is 29.4 Å². The number of aliphatic hydroxyl groups excluding tert-OH is 1. The van der Waals surface area contributed by atoms with E-state index >= 15 is 0 Å². The summed E-state index contributed by atoms with van der Waals surface area (Å²) in [4.78, 5) is 49.0. The lowest BCUT2D eigenvalue weighted by Gasteiger charge is -2.43. The molecule has 1 amide bonds. The molecule has 1 unspecified atom stereocenters. The molecule has 7 atom stereocenters. The normalized spacial score (nSPS) is 31.7. The molecule has 0 radical (unpaired) electrons. The SMILES string of the molecule is C[C@@H](O)[C@H]1C(=O)C2C(C(=O)O)=C(S[C@@H]3CN[C@H](C(=O)Nc4cccc(C(=O)O)c4)C3)[C@H](C)[C@@H]21. The fraction of sp³-hybridized carbons (Fsp3) is 0.478. The zero-order valence-corrected chi connectivity index (χ0v) is 19.0. The molecule has 3 aliphatic rings. The highest BCUT2D eigenvalue weighted by atomic mass is 32.2. The van der Waals surface area contributed by atoms with Gasteiger partial charge in [-0.2, -0.15) is 0 Å². The largest absolute Gasteiger partial charge is 0.478 e. The van der Waals surface area contributed by atoms with Gasteiger partial charge in [-0.1, -0.05) is 13.0 Å². The molecule has 1 saturated carbocycles.